The van der Waals surface area contributed by atoms with Crippen molar-refractivity contribution >= 4 is 11.6 Å². The molecule has 0 bridgehead atoms. The molecule has 1 aromatic carbocycles. The Morgan fingerprint density at radius 2 is 2.00 bits per heavy atom. The summed E-state index contributed by atoms with van der Waals surface area (Å²) >= 11 is 0. The maximum atomic E-state index is 12.9. The Kier molecular flexibility index (Phi) is 3.39. The van der Waals surface area contributed by atoms with Crippen LogP contribution in [0.2, 0.25) is 0 Å². The van der Waals surface area contributed by atoms with Crippen LogP contribution in [0.5, 0.6) is 0 Å². The average Bonchev–Trinajstić information content (AvgIpc) is 2.34. The quantitative estimate of drug-likeness (QED) is 0.893. The van der Waals surface area contributed by atoms with E-state index in [4.69, 9.17) is 5.73 Å². The molecule has 98 valence electrons. The minimum absolute atomic E-state index is 0.0368. The summed E-state index contributed by atoms with van der Waals surface area (Å²) < 4.78 is 12.9. The van der Waals surface area contributed by atoms with Gasteiger partial charge in [-0.2, -0.15) is 0 Å². The molecule has 0 aromatic heterocycles. The van der Waals surface area contributed by atoms with E-state index in [1.165, 1.54) is 12.1 Å². The van der Waals surface area contributed by atoms with Gasteiger partial charge in [0.1, 0.15) is 5.82 Å². The zero-order valence-electron chi connectivity index (χ0n) is 10.8. The molecule has 2 rings (SSSR count). The Balaban J connectivity index is 2.16. The smallest absolute Gasteiger partial charge is 0.234 e. The molecule has 3 nitrogen and oxygen atoms in total. The highest BCUT2D eigenvalue weighted by molar-refractivity contribution is 5.98. The number of hydrogen-bond acceptors (Lipinski definition) is 2. The summed E-state index contributed by atoms with van der Waals surface area (Å²) in [5.74, 6) is 0.291. The van der Waals surface area contributed by atoms with E-state index in [-0.39, 0.29) is 11.7 Å². The first kappa shape index (κ1) is 13.0. The molecule has 1 aliphatic carbocycles. The van der Waals surface area contributed by atoms with E-state index in [9.17, 15) is 9.18 Å². The van der Waals surface area contributed by atoms with Gasteiger partial charge in [-0.3, -0.25) is 4.79 Å². The third-order valence-electron chi connectivity index (χ3n) is 3.84. The van der Waals surface area contributed by atoms with Gasteiger partial charge in [-0.1, -0.05) is 6.92 Å². The Morgan fingerprint density at radius 1 is 1.44 bits per heavy atom. The van der Waals surface area contributed by atoms with E-state index in [1.54, 1.807) is 24.1 Å². The largest absolute Gasteiger partial charge is 0.329 e. The number of carbonyl (C=O) groups is 1. The van der Waals surface area contributed by atoms with Crippen LogP contribution in [0.3, 0.4) is 0 Å². The van der Waals surface area contributed by atoms with Crippen LogP contribution in [0.15, 0.2) is 24.3 Å². The number of hydrogen-bond donors (Lipinski definition) is 1. The molecule has 1 fully saturated rings. The van der Waals surface area contributed by atoms with Crippen molar-refractivity contribution in [3.63, 3.8) is 0 Å². The van der Waals surface area contributed by atoms with E-state index in [2.05, 4.69) is 6.92 Å². The Labute approximate surface area is 107 Å². The second kappa shape index (κ2) is 4.69. The van der Waals surface area contributed by atoms with Gasteiger partial charge >= 0.3 is 0 Å². The highest BCUT2D eigenvalue weighted by Crippen LogP contribution is 2.46. The second-order valence-corrected chi connectivity index (χ2v) is 5.34. The summed E-state index contributed by atoms with van der Waals surface area (Å²) in [7, 11) is 1.72. The fraction of sp³-hybridized carbons (Fsp3) is 0.500. The molecule has 0 radical (unpaired) electrons. The van der Waals surface area contributed by atoms with Gasteiger partial charge in [0.05, 0.1) is 5.41 Å². The maximum absolute atomic E-state index is 12.9. The summed E-state index contributed by atoms with van der Waals surface area (Å²) in [6.07, 6.45) is 1.68. The maximum Gasteiger partial charge on any atom is 0.234 e. The van der Waals surface area contributed by atoms with Crippen molar-refractivity contribution in [1.29, 1.82) is 0 Å². The number of nitrogens with two attached hydrogens (primary N) is 1. The van der Waals surface area contributed by atoms with Crippen molar-refractivity contribution in [2.45, 2.75) is 19.8 Å². The third-order valence-corrected chi connectivity index (χ3v) is 3.84. The Bertz CT molecular complexity index is 438. The summed E-state index contributed by atoms with van der Waals surface area (Å²) in [6, 6.07) is 5.94. The van der Waals surface area contributed by atoms with Crippen LogP contribution in [0, 0.1) is 17.2 Å². The number of rotatable bonds is 3. The van der Waals surface area contributed by atoms with Crippen molar-refractivity contribution < 1.29 is 9.18 Å². The molecule has 2 N–H and O–H groups in total. The van der Waals surface area contributed by atoms with Gasteiger partial charge in [0.2, 0.25) is 5.91 Å². The molecular formula is C14H19FN2O. The molecule has 0 spiro atoms. The van der Waals surface area contributed by atoms with Gasteiger partial charge in [-0.25, -0.2) is 4.39 Å². The third kappa shape index (κ3) is 2.12. The van der Waals surface area contributed by atoms with Crippen molar-refractivity contribution in [3.8, 4) is 0 Å². The van der Waals surface area contributed by atoms with Crippen LogP contribution < -0.4 is 10.6 Å². The molecule has 1 aromatic rings. The number of benzene rings is 1. The van der Waals surface area contributed by atoms with E-state index >= 15 is 0 Å². The molecule has 0 heterocycles. The van der Waals surface area contributed by atoms with Crippen molar-refractivity contribution in [1.82, 2.24) is 0 Å². The molecule has 0 unspecified atom stereocenters. The van der Waals surface area contributed by atoms with Crippen molar-refractivity contribution in [2.24, 2.45) is 17.1 Å². The van der Waals surface area contributed by atoms with Crippen LogP contribution >= 0.6 is 0 Å². The molecule has 0 aliphatic heterocycles. The van der Waals surface area contributed by atoms with E-state index in [1.807, 2.05) is 0 Å². The number of carbonyl (C=O) groups excluding carboxylic acids is 1. The second-order valence-electron chi connectivity index (χ2n) is 5.34. The number of halogens is 1. The minimum atomic E-state index is -0.414. The van der Waals surface area contributed by atoms with E-state index < -0.39 is 5.41 Å². The Hall–Kier alpha value is -1.42. The zero-order chi connectivity index (χ0) is 13.3. The molecule has 1 aliphatic rings. The molecule has 0 saturated heterocycles. The average molecular weight is 250 g/mol. The predicted octanol–water partition coefficient (Wildman–Crippen LogP) is 2.16. The fourth-order valence-electron chi connectivity index (χ4n) is 2.84. The van der Waals surface area contributed by atoms with Crippen LogP contribution in [0.4, 0.5) is 10.1 Å². The monoisotopic (exact) mass is 250 g/mol. The summed E-state index contributed by atoms with van der Waals surface area (Å²) in [4.78, 5) is 14.0. The first-order chi connectivity index (χ1) is 8.48. The molecule has 0 atom stereocenters. The SMILES string of the molecule is CC1CC(CN)(C(=O)N(C)c2ccc(F)cc2)C1. The van der Waals surface area contributed by atoms with Crippen LogP contribution in [-0.4, -0.2) is 19.5 Å². The Morgan fingerprint density at radius 3 is 2.44 bits per heavy atom. The molecule has 18 heavy (non-hydrogen) atoms. The molecule has 1 amide bonds. The van der Waals surface area contributed by atoms with Crippen molar-refractivity contribution in [3.05, 3.63) is 30.1 Å². The van der Waals surface area contributed by atoms with Gasteiger partial charge in [0, 0.05) is 19.3 Å². The molecular weight excluding hydrogens is 231 g/mol. The molecule has 4 heteroatoms. The van der Waals surface area contributed by atoms with Crippen LogP contribution in [-0.2, 0) is 4.79 Å². The lowest BCUT2D eigenvalue weighted by atomic mass is 9.62. The number of amides is 1. The van der Waals surface area contributed by atoms with Gasteiger partial charge in [-0.05, 0) is 43.0 Å². The summed E-state index contributed by atoms with van der Waals surface area (Å²) in [5.41, 5.74) is 6.05. The van der Waals surface area contributed by atoms with Gasteiger partial charge in [-0.15, -0.1) is 0 Å². The lowest BCUT2D eigenvalue weighted by molar-refractivity contribution is -0.134. The summed E-state index contributed by atoms with van der Waals surface area (Å²) in [5, 5.41) is 0. The topological polar surface area (TPSA) is 46.3 Å². The standard InChI is InChI=1S/C14H19FN2O/c1-10-7-14(8-10,9-16)13(18)17(2)12-5-3-11(15)4-6-12/h3-6,10H,7-9,16H2,1-2H3. The highest BCUT2D eigenvalue weighted by atomic mass is 19.1. The lowest BCUT2D eigenvalue weighted by Crippen LogP contribution is -2.54. The van der Waals surface area contributed by atoms with Gasteiger partial charge in [0.15, 0.2) is 0 Å². The van der Waals surface area contributed by atoms with Gasteiger partial charge in [0.25, 0.3) is 0 Å². The van der Waals surface area contributed by atoms with Gasteiger partial charge < -0.3 is 10.6 Å². The normalized spacial score (nSPS) is 26.6. The predicted molar refractivity (Wildman–Crippen MR) is 69.7 cm³/mol. The summed E-state index contributed by atoms with van der Waals surface area (Å²) in [6.45, 7) is 2.50. The first-order valence-corrected chi connectivity index (χ1v) is 6.22. The highest BCUT2D eigenvalue weighted by Gasteiger charge is 2.48. The van der Waals surface area contributed by atoms with E-state index in [0.717, 1.165) is 12.8 Å². The number of nitrogens with zero attached hydrogens (tertiary/aromatic N) is 1. The number of anilines is 1. The van der Waals surface area contributed by atoms with Crippen LogP contribution in [0.1, 0.15) is 19.8 Å². The fourth-order valence-corrected chi connectivity index (χ4v) is 2.84. The van der Waals surface area contributed by atoms with Crippen LogP contribution in [0.25, 0.3) is 0 Å². The molecule has 1 saturated carbocycles. The minimum Gasteiger partial charge on any atom is -0.329 e. The van der Waals surface area contributed by atoms with E-state index in [0.29, 0.717) is 18.2 Å². The first-order valence-electron chi connectivity index (χ1n) is 6.22. The lowest BCUT2D eigenvalue weighted by Gasteiger charge is -2.46. The zero-order valence-corrected chi connectivity index (χ0v) is 10.8. The van der Waals surface area contributed by atoms with Crippen molar-refractivity contribution in [2.75, 3.05) is 18.5 Å².